The Kier molecular flexibility index (Phi) is 12.5. The molecular weight excluding hydrogens is 328 g/mol. The standard InChI is InChI=1S/C20H36N4O2/c1-5-6-12-25-14-15-26-13-11-22-20(21-2)23-16-18-7-9-19(10-8-18)17-24(3)4/h7-10H,5-6,11-17H2,1-4H3,(H2,21,22,23). The van der Waals surface area contributed by atoms with Gasteiger partial charge < -0.3 is 25.0 Å². The van der Waals surface area contributed by atoms with Crippen molar-refractivity contribution in [2.45, 2.75) is 32.9 Å². The normalized spacial score (nSPS) is 11.8. The van der Waals surface area contributed by atoms with E-state index in [4.69, 9.17) is 9.47 Å². The van der Waals surface area contributed by atoms with Gasteiger partial charge >= 0.3 is 0 Å². The Morgan fingerprint density at radius 2 is 1.62 bits per heavy atom. The summed E-state index contributed by atoms with van der Waals surface area (Å²) in [5, 5.41) is 6.57. The van der Waals surface area contributed by atoms with Gasteiger partial charge in [-0.05, 0) is 31.6 Å². The van der Waals surface area contributed by atoms with E-state index in [-0.39, 0.29) is 0 Å². The molecular formula is C20H36N4O2. The molecule has 0 amide bonds. The number of nitrogens with zero attached hydrogens (tertiary/aromatic N) is 2. The highest BCUT2D eigenvalue weighted by Gasteiger charge is 2.00. The Labute approximate surface area is 159 Å². The number of benzene rings is 1. The molecule has 6 nitrogen and oxygen atoms in total. The minimum atomic E-state index is 0.636. The molecule has 0 aliphatic carbocycles. The number of ether oxygens (including phenoxy) is 2. The Balaban J connectivity index is 2.13. The smallest absolute Gasteiger partial charge is 0.191 e. The lowest BCUT2D eigenvalue weighted by Crippen LogP contribution is -2.38. The van der Waals surface area contributed by atoms with Crippen LogP contribution in [0.25, 0.3) is 0 Å². The van der Waals surface area contributed by atoms with Crippen LogP contribution in [0, 0.1) is 0 Å². The number of rotatable bonds is 13. The molecule has 0 atom stereocenters. The summed E-state index contributed by atoms with van der Waals surface area (Å²) in [6.45, 7) is 7.34. The molecule has 0 fully saturated rings. The van der Waals surface area contributed by atoms with Crippen molar-refractivity contribution in [1.29, 1.82) is 0 Å². The highest BCUT2D eigenvalue weighted by molar-refractivity contribution is 5.79. The molecule has 0 saturated carbocycles. The maximum absolute atomic E-state index is 5.54. The monoisotopic (exact) mass is 364 g/mol. The topological polar surface area (TPSA) is 58.1 Å². The second-order valence-electron chi connectivity index (χ2n) is 6.49. The molecule has 0 aliphatic heterocycles. The first kappa shape index (κ1) is 22.4. The molecule has 0 radical (unpaired) electrons. The Bertz CT molecular complexity index is 489. The molecule has 6 heteroatoms. The van der Waals surface area contributed by atoms with Gasteiger partial charge in [-0.2, -0.15) is 0 Å². The number of unbranched alkanes of at least 4 members (excludes halogenated alkanes) is 1. The van der Waals surface area contributed by atoms with Crippen molar-refractivity contribution in [1.82, 2.24) is 15.5 Å². The van der Waals surface area contributed by atoms with Crippen LogP contribution >= 0.6 is 0 Å². The first-order chi connectivity index (χ1) is 12.7. The van der Waals surface area contributed by atoms with Crippen LogP contribution in [0.3, 0.4) is 0 Å². The van der Waals surface area contributed by atoms with E-state index in [1.54, 1.807) is 7.05 Å². The average molecular weight is 365 g/mol. The van der Waals surface area contributed by atoms with E-state index in [0.717, 1.165) is 45.0 Å². The highest BCUT2D eigenvalue weighted by Crippen LogP contribution is 2.05. The van der Waals surface area contributed by atoms with Crippen molar-refractivity contribution in [3.05, 3.63) is 35.4 Å². The minimum absolute atomic E-state index is 0.636. The first-order valence-electron chi connectivity index (χ1n) is 9.48. The van der Waals surface area contributed by atoms with Crippen LogP contribution in [0.15, 0.2) is 29.3 Å². The van der Waals surface area contributed by atoms with E-state index in [9.17, 15) is 0 Å². The molecule has 1 aromatic rings. The summed E-state index contributed by atoms with van der Waals surface area (Å²) in [6.07, 6.45) is 2.28. The van der Waals surface area contributed by atoms with Crippen molar-refractivity contribution in [3.63, 3.8) is 0 Å². The first-order valence-corrected chi connectivity index (χ1v) is 9.48. The van der Waals surface area contributed by atoms with Gasteiger partial charge in [0, 0.05) is 33.3 Å². The van der Waals surface area contributed by atoms with Crippen molar-refractivity contribution >= 4 is 5.96 Å². The van der Waals surface area contributed by atoms with Crippen LogP contribution in [-0.4, -0.2) is 65.0 Å². The van der Waals surface area contributed by atoms with Crippen LogP contribution in [0.4, 0.5) is 0 Å². The zero-order valence-electron chi connectivity index (χ0n) is 16.9. The predicted molar refractivity (Wildman–Crippen MR) is 109 cm³/mol. The third-order valence-electron chi connectivity index (χ3n) is 3.76. The van der Waals surface area contributed by atoms with Crippen molar-refractivity contribution in [3.8, 4) is 0 Å². The Hall–Kier alpha value is -1.63. The fourth-order valence-corrected chi connectivity index (χ4v) is 2.34. The van der Waals surface area contributed by atoms with E-state index < -0.39 is 0 Å². The highest BCUT2D eigenvalue weighted by atomic mass is 16.5. The molecule has 2 N–H and O–H groups in total. The number of hydrogen-bond donors (Lipinski definition) is 2. The summed E-state index contributed by atoms with van der Waals surface area (Å²) >= 11 is 0. The molecule has 0 spiro atoms. The summed E-state index contributed by atoms with van der Waals surface area (Å²) in [5.41, 5.74) is 2.55. The summed E-state index contributed by atoms with van der Waals surface area (Å²) in [4.78, 5) is 6.40. The molecule has 148 valence electrons. The number of guanidine groups is 1. The summed E-state index contributed by atoms with van der Waals surface area (Å²) < 4.78 is 11.0. The van der Waals surface area contributed by atoms with Gasteiger partial charge in [-0.15, -0.1) is 0 Å². The molecule has 26 heavy (non-hydrogen) atoms. The van der Waals surface area contributed by atoms with Gasteiger partial charge in [-0.3, -0.25) is 4.99 Å². The Morgan fingerprint density at radius 3 is 2.23 bits per heavy atom. The molecule has 0 bridgehead atoms. The molecule has 1 rings (SSSR count). The van der Waals surface area contributed by atoms with Crippen LogP contribution in [0.1, 0.15) is 30.9 Å². The van der Waals surface area contributed by atoms with E-state index in [0.29, 0.717) is 19.8 Å². The van der Waals surface area contributed by atoms with E-state index in [1.165, 1.54) is 11.1 Å². The molecule has 0 aliphatic rings. The van der Waals surface area contributed by atoms with Crippen LogP contribution in [0.5, 0.6) is 0 Å². The van der Waals surface area contributed by atoms with E-state index in [2.05, 4.69) is 65.8 Å². The second kappa shape index (κ2) is 14.5. The van der Waals surface area contributed by atoms with Crippen LogP contribution < -0.4 is 10.6 Å². The predicted octanol–water partition coefficient (Wildman–Crippen LogP) is 2.25. The maximum atomic E-state index is 5.54. The van der Waals surface area contributed by atoms with Crippen LogP contribution in [-0.2, 0) is 22.6 Å². The third kappa shape index (κ3) is 11.1. The lowest BCUT2D eigenvalue weighted by atomic mass is 10.1. The molecule has 0 saturated heterocycles. The second-order valence-corrected chi connectivity index (χ2v) is 6.49. The molecule has 0 heterocycles. The summed E-state index contributed by atoms with van der Waals surface area (Å²) in [6, 6.07) is 8.65. The minimum Gasteiger partial charge on any atom is -0.379 e. The average Bonchev–Trinajstić information content (AvgIpc) is 2.63. The van der Waals surface area contributed by atoms with Crippen LogP contribution in [0.2, 0.25) is 0 Å². The van der Waals surface area contributed by atoms with Crippen molar-refractivity contribution in [2.75, 3.05) is 54.1 Å². The number of aliphatic imine (C=N–C) groups is 1. The van der Waals surface area contributed by atoms with E-state index >= 15 is 0 Å². The van der Waals surface area contributed by atoms with Gasteiger partial charge in [-0.1, -0.05) is 37.6 Å². The largest absolute Gasteiger partial charge is 0.379 e. The summed E-state index contributed by atoms with van der Waals surface area (Å²) in [5.74, 6) is 0.783. The molecule has 0 unspecified atom stereocenters. The van der Waals surface area contributed by atoms with Gasteiger partial charge in [0.25, 0.3) is 0 Å². The fourth-order valence-electron chi connectivity index (χ4n) is 2.34. The van der Waals surface area contributed by atoms with E-state index in [1.807, 2.05) is 0 Å². The zero-order chi connectivity index (χ0) is 19.0. The van der Waals surface area contributed by atoms with Crippen molar-refractivity contribution < 1.29 is 9.47 Å². The quantitative estimate of drug-likeness (QED) is 0.319. The Morgan fingerprint density at radius 1 is 0.962 bits per heavy atom. The molecule has 1 aromatic carbocycles. The maximum Gasteiger partial charge on any atom is 0.191 e. The number of hydrogen-bond acceptors (Lipinski definition) is 4. The van der Waals surface area contributed by atoms with Gasteiger partial charge in [0.05, 0.1) is 19.8 Å². The lowest BCUT2D eigenvalue weighted by molar-refractivity contribution is 0.0487. The fraction of sp³-hybridized carbons (Fsp3) is 0.650. The molecule has 0 aromatic heterocycles. The zero-order valence-corrected chi connectivity index (χ0v) is 16.9. The number of nitrogens with one attached hydrogen (secondary N) is 2. The van der Waals surface area contributed by atoms with Crippen molar-refractivity contribution in [2.24, 2.45) is 4.99 Å². The van der Waals surface area contributed by atoms with Gasteiger partial charge in [0.2, 0.25) is 0 Å². The van der Waals surface area contributed by atoms with Gasteiger partial charge in [0.1, 0.15) is 0 Å². The third-order valence-corrected chi connectivity index (χ3v) is 3.76. The lowest BCUT2D eigenvalue weighted by Gasteiger charge is -2.13. The van der Waals surface area contributed by atoms with Gasteiger partial charge in [-0.25, -0.2) is 0 Å². The van der Waals surface area contributed by atoms with Gasteiger partial charge in [0.15, 0.2) is 5.96 Å². The summed E-state index contributed by atoms with van der Waals surface area (Å²) in [7, 11) is 5.93. The SMILES string of the molecule is CCCCOCCOCCNC(=NC)NCc1ccc(CN(C)C)cc1.